The molecule has 0 aliphatic heterocycles. The Hall–Kier alpha value is -4.88. The molecule has 0 atom stereocenters. The third-order valence-corrected chi connectivity index (χ3v) is 6.97. The van der Waals surface area contributed by atoms with E-state index in [4.69, 9.17) is 0 Å². The fourth-order valence-corrected chi connectivity index (χ4v) is 5.02. The number of benzene rings is 6. The molecule has 0 aromatic heterocycles. The number of para-hydroxylation sites is 2. The van der Waals surface area contributed by atoms with Crippen molar-refractivity contribution in [3.8, 4) is 33.4 Å². The number of hydrogen-bond acceptors (Lipinski definition) is 1. The van der Waals surface area contributed by atoms with E-state index in [9.17, 15) is 0 Å². The van der Waals surface area contributed by atoms with E-state index >= 15 is 0 Å². The highest BCUT2D eigenvalue weighted by molar-refractivity contribution is 5.93. The summed E-state index contributed by atoms with van der Waals surface area (Å²) in [5.74, 6) is 0. The molecule has 0 unspecified atom stereocenters. The van der Waals surface area contributed by atoms with Gasteiger partial charge in [-0.15, -0.1) is 0 Å². The fourth-order valence-electron chi connectivity index (χ4n) is 5.02. The Morgan fingerprint density at radius 1 is 0.342 bits per heavy atom. The second-order valence-electron chi connectivity index (χ2n) is 9.51. The second kappa shape index (κ2) is 10.6. The lowest BCUT2D eigenvalue weighted by Crippen LogP contribution is -2.12. The number of nitrogens with zero attached hydrogens (tertiary/aromatic N) is 1. The molecule has 0 spiro atoms. The molecule has 0 N–H and O–H groups in total. The van der Waals surface area contributed by atoms with Crippen LogP contribution in [-0.2, 0) is 0 Å². The lowest BCUT2D eigenvalue weighted by Gasteiger charge is -2.30. The molecule has 0 amide bonds. The van der Waals surface area contributed by atoms with Crippen LogP contribution < -0.4 is 4.90 Å². The standard InChI is InChI=1S/C37H29N/c1-28-20-22-29(23-21-28)30-24-26-33(27-25-30)38(36-18-10-8-16-34(36)31-12-4-2-5-13-31)37-19-11-9-17-35(37)32-14-6-3-7-15-32/h2-27H,1H3. The molecule has 1 heteroatoms. The van der Waals surface area contributed by atoms with E-state index in [1.54, 1.807) is 0 Å². The molecule has 0 radical (unpaired) electrons. The fraction of sp³-hybridized carbons (Fsp3) is 0.0270. The van der Waals surface area contributed by atoms with Crippen LogP contribution in [0.2, 0.25) is 0 Å². The van der Waals surface area contributed by atoms with Gasteiger partial charge in [0.1, 0.15) is 0 Å². The van der Waals surface area contributed by atoms with E-state index < -0.39 is 0 Å². The van der Waals surface area contributed by atoms with Crippen molar-refractivity contribution in [2.24, 2.45) is 0 Å². The summed E-state index contributed by atoms with van der Waals surface area (Å²) in [5.41, 5.74) is 11.9. The van der Waals surface area contributed by atoms with Crippen LogP contribution in [-0.4, -0.2) is 0 Å². The van der Waals surface area contributed by atoms with E-state index in [0.717, 1.165) is 17.1 Å². The van der Waals surface area contributed by atoms with Gasteiger partial charge in [-0.1, -0.05) is 139 Å². The van der Waals surface area contributed by atoms with Crippen molar-refractivity contribution < 1.29 is 0 Å². The minimum atomic E-state index is 1.12. The summed E-state index contributed by atoms with van der Waals surface area (Å²) in [6.07, 6.45) is 0. The summed E-state index contributed by atoms with van der Waals surface area (Å²) in [5, 5.41) is 0. The van der Waals surface area contributed by atoms with Crippen molar-refractivity contribution in [2.45, 2.75) is 6.92 Å². The Kier molecular flexibility index (Phi) is 6.57. The Balaban J connectivity index is 1.54. The van der Waals surface area contributed by atoms with Gasteiger partial charge in [-0.05, 0) is 53.4 Å². The highest BCUT2D eigenvalue weighted by Crippen LogP contribution is 2.44. The molecule has 0 saturated heterocycles. The zero-order valence-electron chi connectivity index (χ0n) is 21.5. The Bertz CT molecular complexity index is 1550. The lowest BCUT2D eigenvalue weighted by molar-refractivity contribution is 1.28. The van der Waals surface area contributed by atoms with Crippen molar-refractivity contribution in [1.82, 2.24) is 0 Å². The summed E-state index contributed by atoms with van der Waals surface area (Å²) < 4.78 is 0. The van der Waals surface area contributed by atoms with Gasteiger partial charge < -0.3 is 4.90 Å². The maximum atomic E-state index is 2.39. The smallest absolute Gasteiger partial charge is 0.0540 e. The van der Waals surface area contributed by atoms with Gasteiger partial charge in [0.05, 0.1) is 11.4 Å². The summed E-state index contributed by atoms with van der Waals surface area (Å²) in [4.78, 5) is 2.39. The first kappa shape index (κ1) is 23.5. The van der Waals surface area contributed by atoms with Gasteiger partial charge in [-0.25, -0.2) is 0 Å². The molecule has 0 aliphatic rings. The molecular weight excluding hydrogens is 458 g/mol. The first-order chi connectivity index (χ1) is 18.8. The van der Waals surface area contributed by atoms with Gasteiger partial charge in [0, 0.05) is 16.8 Å². The van der Waals surface area contributed by atoms with E-state index in [0.29, 0.717) is 0 Å². The molecule has 182 valence electrons. The van der Waals surface area contributed by atoms with Crippen LogP contribution in [0.1, 0.15) is 5.56 Å². The SMILES string of the molecule is Cc1ccc(-c2ccc(N(c3ccccc3-c3ccccc3)c3ccccc3-c3ccccc3)cc2)cc1. The van der Waals surface area contributed by atoms with E-state index in [-0.39, 0.29) is 0 Å². The number of rotatable bonds is 6. The van der Waals surface area contributed by atoms with Gasteiger partial charge in [0.25, 0.3) is 0 Å². The van der Waals surface area contributed by atoms with Crippen molar-refractivity contribution in [2.75, 3.05) is 4.90 Å². The van der Waals surface area contributed by atoms with Gasteiger partial charge >= 0.3 is 0 Å². The largest absolute Gasteiger partial charge is 0.309 e. The monoisotopic (exact) mass is 487 g/mol. The highest BCUT2D eigenvalue weighted by atomic mass is 15.1. The van der Waals surface area contributed by atoms with E-state index in [2.05, 4.69) is 170 Å². The topological polar surface area (TPSA) is 3.24 Å². The molecule has 0 bridgehead atoms. The van der Waals surface area contributed by atoms with Gasteiger partial charge in [-0.2, -0.15) is 0 Å². The maximum absolute atomic E-state index is 2.39. The molecule has 6 rings (SSSR count). The normalized spacial score (nSPS) is 10.8. The van der Waals surface area contributed by atoms with E-state index in [1.165, 1.54) is 38.9 Å². The quantitative estimate of drug-likeness (QED) is 0.226. The van der Waals surface area contributed by atoms with Gasteiger partial charge in [0.2, 0.25) is 0 Å². The number of aryl methyl sites for hydroxylation is 1. The van der Waals surface area contributed by atoms with Crippen molar-refractivity contribution in [3.05, 3.63) is 163 Å². The van der Waals surface area contributed by atoms with Crippen LogP contribution in [0.25, 0.3) is 33.4 Å². The van der Waals surface area contributed by atoms with Crippen LogP contribution in [0.5, 0.6) is 0 Å². The predicted octanol–water partition coefficient (Wildman–Crippen LogP) is 10.5. The van der Waals surface area contributed by atoms with Gasteiger partial charge in [0.15, 0.2) is 0 Å². The molecule has 6 aromatic carbocycles. The zero-order chi connectivity index (χ0) is 25.7. The Morgan fingerprint density at radius 3 is 1.21 bits per heavy atom. The van der Waals surface area contributed by atoms with Crippen LogP contribution in [0.15, 0.2) is 158 Å². The minimum Gasteiger partial charge on any atom is -0.309 e. The molecule has 0 aliphatic carbocycles. The molecule has 1 nitrogen and oxygen atoms in total. The molecule has 6 aromatic rings. The lowest BCUT2D eigenvalue weighted by atomic mass is 9.98. The van der Waals surface area contributed by atoms with Crippen LogP contribution in [0.4, 0.5) is 17.1 Å². The third kappa shape index (κ3) is 4.75. The summed E-state index contributed by atoms with van der Waals surface area (Å²) >= 11 is 0. The first-order valence-corrected chi connectivity index (χ1v) is 13.0. The third-order valence-electron chi connectivity index (χ3n) is 6.97. The average molecular weight is 488 g/mol. The molecule has 0 heterocycles. The predicted molar refractivity (Wildman–Crippen MR) is 162 cm³/mol. The second-order valence-corrected chi connectivity index (χ2v) is 9.51. The summed E-state index contributed by atoms with van der Waals surface area (Å²) in [7, 11) is 0. The molecule has 0 fully saturated rings. The highest BCUT2D eigenvalue weighted by Gasteiger charge is 2.20. The maximum Gasteiger partial charge on any atom is 0.0540 e. The van der Waals surface area contributed by atoms with Crippen LogP contribution in [0, 0.1) is 6.92 Å². The van der Waals surface area contributed by atoms with Crippen molar-refractivity contribution >= 4 is 17.1 Å². The van der Waals surface area contributed by atoms with Crippen LogP contribution >= 0.6 is 0 Å². The molecular formula is C37H29N. The first-order valence-electron chi connectivity index (χ1n) is 13.0. The summed E-state index contributed by atoms with van der Waals surface area (Å²) in [6, 6.07) is 56.3. The molecule has 0 saturated carbocycles. The van der Waals surface area contributed by atoms with E-state index in [1.807, 2.05) is 0 Å². The summed E-state index contributed by atoms with van der Waals surface area (Å²) in [6.45, 7) is 2.12. The van der Waals surface area contributed by atoms with Crippen molar-refractivity contribution in [1.29, 1.82) is 0 Å². The van der Waals surface area contributed by atoms with Crippen LogP contribution in [0.3, 0.4) is 0 Å². The van der Waals surface area contributed by atoms with Crippen molar-refractivity contribution in [3.63, 3.8) is 0 Å². The Labute approximate surface area is 225 Å². The Morgan fingerprint density at radius 2 is 0.737 bits per heavy atom. The van der Waals surface area contributed by atoms with Gasteiger partial charge in [-0.3, -0.25) is 0 Å². The number of anilines is 3. The average Bonchev–Trinajstić information content (AvgIpc) is 3.00. The molecule has 38 heavy (non-hydrogen) atoms. The minimum absolute atomic E-state index is 1.12. The number of hydrogen-bond donors (Lipinski definition) is 0. The zero-order valence-corrected chi connectivity index (χ0v) is 21.5.